The zero-order chi connectivity index (χ0) is 10.0. The lowest BCUT2D eigenvalue weighted by Crippen LogP contribution is -2.18. The minimum absolute atomic E-state index is 0.300. The van der Waals surface area contributed by atoms with Crippen LogP contribution in [0.4, 0.5) is 0 Å². The van der Waals surface area contributed by atoms with Crippen LogP contribution < -0.4 is 0 Å². The Balaban J connectivity index is 2.59. The minimum Gasteiger partial charge on any atom is -0.0633 e. The monoisotopic (exact) mass is 185 g/mol. The van der Waals surface area contributed by atoms with Gasteiger partial charge in [-0.1, -0.05) is 13.8 Å². The molecule has 0 fully saturated rings. The molecule has 0 saturated carbocycles. The molecular formula is C14H17+. The largest absolute Gasteiger partial charge is 0.0660 e. The first kappa shape index (κ1) is 9.39. The number of hydrogen-bond acceptors (Lipinski definition) is 0. The van der Waals surface area contributed by atoms with Gasteiger partial charge in [0.1, 0.15) is 0 Å². The van der Waals surface area contributed by atoms with Crippen molar-refractivity contribution >= 4 is 6.08 Å². The zero-order valence-corrected chi connectivity index (χ0v) is 8.96. The summed E-state index contributed by atoms with van der Waals surface area (Å²) < 4.78 is 0. The maximum atomic E-state index is 2.37. The van der Waals surface area contributed by atoms with E-state index in [1.807, 2.05) is 0 Å². The van der Waals surface area contributed by atoms with Gasteiger partial charge >= 0.3 is 0 Å². The number of allylic oxidation sites excluding steroid dienone is 1. The van der Waals surface area contributed by atoms with E-state index >= 15 is 0 Å². The number of hydrogen-bond donors (Lipinski definition) is 0. The molecule has 0 atom stereocenters. The normalized spacial score (nSPS) is 16.7. The van der Waals surface area contributed by atoms with Crippen molar-refractivity contribution in [2.45, 2.75) is 32.1 Å². The molecule has 0 amide bonds. The number of fused-ring (bicyclic) bond motifs is 1. The van der Waals surface area contributed by atoms with Crippen molar-refractivity contribution in [3.05, 3.63) is 47.5 Å². The third-order valence-corrected chi connectivity index (χ3v) is 3.45. The molecule has 0 nitrogen and oxygen atoms in total. The lowest BCUT2D eigenvalue weighted by atomic mass is 9.78. The maximum Gasteiger partial charge on any atom is 0.0660 e. The summed E-state index contributed by atoms with van der Waals surface area (Å²) in [6, 6.07) is 10.8. The van der Waals surface area contributed by atoms with Crippen molar-refractivity contribution in [1.29, 1.82) is 0 Å². The Morgan fingerprint density at radius 1 is 1.14 bits per heavy atom. The summed E-state index contributed by atoms with van der Waals surface area (Å²) in [5, 5.41) is 0. The van der Waals surface area contributed by atoms with Crippen molar-refractivity contribution in [2.24, 2.45) is 0 Å². The van der Waals surface area contributed by atoms with Gasteiger partial charge in [0.05, 0.1) is 16.5 Å². The highest BCUT2D eigenvalue weighted by atomic mass is 14.3. The average molecular weight is 185 g/mol. The Bertz CT molecular complexity index is 362. The molecule has 2 rings (SSSR count). The highest BCUT2D eigenvalue weighted by molar-refractivity contribution is 5.64. The Labute approximate surface area is 86.3 Å². The average Bonchev–Trinajstić information content (AvgIpc) is 2.42. The molecule has 0 aromatic heterocycles. The lowest BCUT2D eigenvalue weighted by molar-refractivity contribution is 0.506. The Kier molecular flexibility index (Phi) is 2.37. The zero-order valence-electron chi connectivity index (χ0n) is 8.96. The van der Waals surface area contributed by atoms with Crippen LogP contribution in [0.15, 0.2) is 36.4 Å². The van der Waals surface area contributed by atoms with Crippen LogP contribution in [-0.2, 0) is 5.41 Å². The lowest BCUT2D eigenvalue weighted by Gasteiger charge is -2.20. The van der Waals surface area contributed by atoms with E-state index < -0.39 is 0 Å². The summed E-state index contributed by atoms with van der Waals surface area (Å²) >= 11 is 0. The van der Waals surface area contributed by atoms with Crippen molar-refractivity contribution in [3.63, 3.8) is 0 Å². The Hall–Kier alpha value is -1.17. The Morgan fingerprint density at radius 3 is 2.64 bits per heavy atom. The molecule has 0 spiro atoms. The van der Waals surface area contributed by atoms with Crippen LogP contribution in [0.2, 0.25) is 0 Å². The van der Waals surface area contributed by atoms with Crippen LogP contribution in [0, 0.1) is 0 Å². The quantitative estimate of drug-likeness (QED) is 0.610. The van der Waals surface area contributed by atoms with Gasteiger partial charge < -0.3 is 0 Å². The summed E-state index contributed by atoms with van der Waals surface area (Å²) in [5.41, 5.74) is 3.18. The van der Waals surface area contributed by atoms with Crippen LogP contribution in [0.5, 0.6) is 0 Å². The van der Waals surface area contributed by atoms with E-state index in [4.69, 9.17) is 0 Å². The summed E-state index contributed by atoms with van der Waals surface area (Å²) in [6.07, 6.45) is 7.02. The molecule has 0 N–H and O–H groups in total. The Morgan fingerprint density at radius 2 is 1.93 bits per heavy atom. The van der Waals surface area contributed by atoms with Gasteiger partial charge in [-0.05, 0) is 31.1 Å². The molecule has 1 aliphatic carbocycles. The van der Waals surface area contributed by atoms with Crippen LogP contribution in [0.1, 0.15) is 37.8 Å². The van der Waals surface area contributed by atoms with Crippen LogP contribution in [0.25, 0.3) is 6.08 Å². The van der Waals surface area contributed by atoms with Gasteiger partial charge in [-0.15, -0.1) is 0 Å². The molecule has 0 heteroatoms. The minimum atomic E-state index is 0.300. The van der Waals surface area contributed by atoms with E-state index in [1.165, 1.54) is 24.0 Å². The molecule has 0 heterocycles. The van der Waals surface area contributed by atoms with E-state index in [0.717, 1.165) is 0 Å². The molecule has 0 unspecified atom stereocenters. The summed E-state index contributed by atoms with van der Waals surface area (Å²) in [6.45, 7) is 4.55. The summed E-state index contributed by atoms with van der Waals surface area (Å²) in [4.78, 5) is 0. The molecule has 1 aromatic rings. The predicted molar refractivity (Wildman–Crippen MR) is 62.1 cm³/mol. The number of rotatable bonds is 2. The van der Waals surface area contributed by atoms with Crippen molar-refractivity contribution in [1.82, 2.24) is 0 Å². The van der Waals surface area contributed by atoms with Crippen LogP contribution in [0.3, 0.4) is 0 Å². The maximum absolute atomic E-state index is 2.37. The fraction of sp³-hybridized carbons (Fsp3) is 0.357. The van der Waals surface area contributed by atoms with Crippen LogP contribution in [-0.4, -0.2) is 0 Å². The molecule has 72 valence electrons. The molecule has 0 radical (unpaired) electrons. The van der Waals surface area contributed by atoms with E-state index in [9.17, 15) is 0 Å². The van der Waals surface area contributed by atoms with Crippen molar-refractivity contribution in [3.8, 4) is 0 Å². The topological polar surface area (TPSA) is 0 Å². The second-order valence-electron chi connectivity index (χ2n) is 3.98. The second-order valence-corrected chi connectivity index (χ2v) is 3.98. The molecule has 0 aliphatic heterocycles. The SMILES string of the molecule is CCC1(CC)C=C[c+]2cccccc21. The second kappa shape index (κ2) is 3.53. The molecule has 14 heavy (non-hydrogen) atoms. The van der Waals surface area contributed by atoms with E-state index in [-0.39, 0.29) is 0 Å². The summed E-state index contributed by atoms with van der Waals surface area (Å²) in [7, 11) is 0. The molecule has 0 saturated heterocycles. The fourth-order valence-corrected chi connectivity index (χ4v) is 2.37. The molecular weight excluding hydrogens is 168 g/mol. The van der Waals surface area contributed by atoms with Gasteiger partial charge in [-0.3, -0.25) is 0 Å². The van der Waals surface area contributed by atoms with Gasteiger partial charge in [0, 0.05) is 24.3 Å². The third-order valence-electron chi connectivity index (χ3n) is 3.45. The fourth-order valence-electron chi connectivity index (χ4n) is 2.37. The molecule has 1 aliphatic rings. The van der Waals surface area contributed by atoms with Gasteiger partial charge in [0.15, 0.2) is 0 Å². The van der Waals surface area contributed by atoms with E-state index in [2.05, 4.69) is 56.3 Å². The third kappa shape index (κ3) is 1.26. The van der Waals surface area contributed by atoms with Gasteiger partial charge in [-0.25, -0.2) is 0 Å². The van der Waals surface area contributed by atoms with Gasteiger partial charge in [-0.2, -0.15) is 0 Å². The molecule has 1 aromatic carbocycles. The van der Waals surface area contributed by atoms with Crippen LogP contribution >= 0.6 is 0 Å². The molecule has 0 bridgehead atoms. The predicted octanol–water partition coefficient (Wildman–Crippen LogP) is 4.05. The smallest absolute Gasteiger partial charge is 0.0633 e. The summed E-state index contributed by atoms with van der Waals surface area (Å²) in [5.74, 6) is 0. The standard InChI is InChI=1S/C14H17/c1-3-14(4-2)11-10-12-8-6-5-7-9-13(12)14/h5-11H,3-4H2,1-2H3/q+1. The van der Waals surface area contributed by atoms with E-state index in [1.54, 1.807) is 0 Å². The van der Waals surface area contributed by atoms with Crippen molar-refractivity contribution < 1.29 is 0 Å². The first-order chi connectivity index (χ1) is 6.82. The van der Waals surface area contributed by atoms with E-state index in [0.29, 0.717) is 5.41 Å². The first-order valence-electron chi connectivity index (χ1n) is 5.44. The van der Waals surface area contributed by atoms with Crippen molar-refractivity contribution in [2.75, 3.05) is 0 Å². The first-order valence-corrected chi connectivity index (χ1v) is 5.44. The highest BCUT2D eigenvalue weighted by Crippen LogP contribution is 2.40. The highest BCUT2D eigenvalue weighted by Gasteiger charge is 2.35. The van der Waals surface area contributed by atoms with Gasteiger partial charge in [0.25, 0.3) is 0 Å². The van der Waals surface area contributed by atoms with Gasteiger partial charge in [0.2, 0.25) is 0 Å².